The monoisotopic (exact) mass is 309 g/mol. The molecule has 0 saturated heterocycles. The standard InChI is InChI=1S/C19H19NO3/c1-10-8-13-9-12-5-4-11-6-7-14(21)15(11)16(12)18(22-2)17(13)19(20-10)23-3/h8-9H,4-7H2,1-3H3. The van der Waals surface area contributed by atoms with Crippen molar-refractivity contribution in [3.63, 3.8) is 0 Å². The van der Waals surface area contributed by atoms with E-state index in [2.05, 4.69) is 11.1 Å². The van der Waals surface area contributed by atoms with E-state index in [9.17, 15) is 4.79 Å². The van der Waals surface area contributed by atoms with Crippen LogP contribution in [-0.4, -0.2) is 25.0 Å². The van der Waals surface area contributed by atoms with E-state index in [4.69, 9.17) is 9.47 Å². The van der Waals surface area contributed by atoms with Gasteiger partial charge in [0.25, 0.3) is 0 Å². The van der Waals surface area contributed by atoms with Crippen molar-refractivity contribution < 1.29 is 14.3 Å². The molecule has 0 saturated carbocycles. The molecule has 0 amide bonds. The molecule has 0 aliphatic heterocycles. The van der Waals surface area contributed by atoms with Crippen molar-refractivity contribution in [1.29, 1.82) is 0 Å². The molecule has 4 rings (SSSR count). The Labute approximate surface area is 135 Å². The summed E-state index contributed by atoms with van der Waals surface area (Å²) in [7, 11) is 3.27. The van der Waals surface area contributed by atoms with E-state index in [1.165, 1.54) is 11.1 Å². The van der Waals surface area contributed by atoms with Gasteiger partial charge in [0.1, 0.15) is 5.75 Å². The number of pyridine rings is 1. The number of rotatable bonds is 2. The van der Waals surface area contributed by atoms with E-state index in [-0.39, 0.29) is 5.78 Å². The predicted octanol–water partition coefficient (Wildman–Crippen LogP) is 3.62. The Kier molecular flexibility index (Phi) is 3.15. The number of nitrogens with zero attached hydrogens (tertiary/aromatic N) is 1. The van der Waals surface area contributed by atoms with Gasteiger partial charge in [-0.2, -0.15) is 0 Å². The average Bonchev–Trinajstić information content (AvgIpc) is 2.93. The third-order valence-electron chi connectivity index (χ3n) is 4.88. The van der Waals surface area contributed by atoms with Gasteiger partial charge >= 0.3 is 0 Å². The minimum Gasteiger partial charge on any atom is -0.495 e. The van der Waals surface area contributed by atoms with Crippen molar-refractivity contribution >= 4 is 22.1 Å². The number of carbonyl (C=O) groups excluding carboxylic acids is 1. The molecule has 0 unspecified atom stereocenters. The smallest absolute Gasteiger partial charge is 0.225 e. The number of allylic oxidation sites excluding steroid dienone is 2. The Morgan fingerprint density at radius 1 is 1.04 bits per heavy atom. The topological polar surface area (TPSA) is 48.4 Å². The van der Waals surface area contributed by atoms with Gasteiger partial charge in [-0.1, -0.05) is 5.57 Å². The number of ketones is 1. The van der Waals surface area contributed by atoms with Crippen LogP contribution in [0.15, 0.2) is 17.7 Å². The zero-order valence-corrected chi connectivity index (χ0v) is 13.7. The molecule has 23 heavy (non-hydrogen) atoms. The molecule has 0 fully saturated rings. The largest absolute Gasteiger partial charge is 0.495 e. The molecule has 2 aromatic rings. The van der Waals surface area contributed by atoms with Crippen LogP contribution in [-0.2, 0) is 11.2 Å². The Bertz CT molecular complexity index is 880. The molecule has 0 radical (unpaired) electrons. The molecular formula is C19H19NO3. The normalized spacial score (nSPS) is 16.6. The first-order chi connectivity index (χ1) is 11.1. The van der Waals surface area contributed by atoms with Crippen molar-refractivity contribution in [2.45, 2.75) is 32.6 Å². The van der Waals surface area contributed by atoms with E-state index in [1.807, 2.05) is 13.0 Å². The van der Waals surface area contributed by atoms with Gasteiger partial charge in [0.2, 0.25) is 5.88 Å². The highest BCUT2D eigenvalue weighted by Gasteiger charge is 2.33. The van der Waals surface area contributed by atoms with Crippen molar-refractivity contribution in [2.24, 2.45) is 0 Å². The van der Waals surface area contributed by atoms with Gasteiger partial charge in [-0.3, -0.25) is 4.79 Å². The second-order valence-corrected chi connectivity index (χ2v) is 6.22. The fourth-order valence-corrected chi connectivity index (χ4v) is 3.93. The van der Waals surface area contributed by atoms with Gasteiger partial charge in [0.15, 0.2) is 5.78 Å². The van der Waals surface area contributed by atoms with E-state index < -0.39 is 0 Å². The van der Waals surface area contributed by atoms with Crippen LogP contribution in [0.5, 0.6) is 11.6 Å². The summed E-state index contributed by atoms with van der Waals surface area (Å²) in [6.07, 6.45) is 3.44. The van der Waals surface area contributed by atoms with Gasteiger partial charge < -0.3 is 9.47 Å². The Morgan fingerprint density at radius 3 is 2.57 bits per heavy atom. The molecule has 0 N–H and O–H groups in total. The maximum atomic E-state index is 12.4. The number of benzene rings is 1. The minimum atomic E-state index is 0.234. The molecule has 0 spiro atoms. The summed E-state index contributed by atoms with van der Waals surface area (Å²) in [6, 6.07) is 4.21. The lowest BCUT2D eigenvalue weighted by Gasteiger charge is -2.23. The van der Waals surface area contributed by atoms with Crippen LogP contribution in [0.4, 0.5) is 0 Å². The minimum absolute atomic E-state index is 0.234. The zero-order valence-electron chi connectivity index (χ0n) is 13.7. The molecule has 0 bridgehead atoms. The number of aryl methyl sites for hydroxylation is 2. The highest BCUT2D eigenvalue weighted by atomic mass is 16.5. The number of fused-ring (bicyclic) bond motifs is 3. The fourth-order valence-electron chi connectivity index (χ4n) is 3.93. The van der Waals surface area contributed by atoms with Crippen LogP contribution in [0.25, 0.3) is 16.3 Å². The Hall–Kier alpha value is -2.36. The predicted molar refractivity (Wildman–Crippen MR) is 89.1 cm³/mol. The van der Waals surface area contributed by atoms with Crippen molar-refractivity contribution in [2.75, 3.05) is 14.2 Å². The van der Waals surface area contributed by atoms with Crippen LogP contribution in [0.3, 0.4) is 0 Å². The summed E-state index contributed by atoms with van der Waals surface area (Å²) in [5.74, 6) is 1.51. The van der Waals surface area contributed by atoms with Crippen LogP contribution in [0, 0.1) is 6.92 Å². The first-order valence-electron chi connectivity index (χ1n) is 7.94. The van der Waals surface area contributed by atoms with Gasteiger partial charge in [0, 0.05) is 23.3 Å². The Morgan fingerprint density at radius 2 is 1.83 bits per heavy atom. The van der Waals surface area contributed by atoms with E-state index >= 15 is 0 Å². The van der Waals surface area contributed by atoms with E-state index in [0.717, 1.165) is 52.6 Å². The molecule has 118 valence electrons. The summed E-state index contributed by atoms with van der Waals surface area (Å²) in [5, 5.41) is 1.91. The van der Waals surface area contributed by atoms with Crippen LogP contribution < -0.4 is 9.47 Å². The van der Waals surface area contributed by atoms with Crippen molar-refractivity contribution in [3.8, 4) is 11.6 Å². The quantitative estimate of drug-likeness (QED) is 0.850. The van der Waals surface area contributed by atoms with Crippen molar-refractivity contribution in [1.82, 2.24) is 4.98 Å². The van der Waals surface area contributed by atoms with E-state index in [1.54, 1.807) is 14.2 Å². The third-order valence-corrected chi connectivity index (χ3v) is 4.88. The maximum Gasteiger partial charge on any atom is 0.225 e. The fraction of sp³-hybridized carbons (Fsp3) is 0.368. The molecule has 2 aliphatic rings. The third kappa shape index (κ3) is 1.97. The second-order valence-electron chi connectivity index (χ2n) is 6.22. The van der Waals surface area contributed by atoms with Gasteiger partial charge in [0.05, 0.1) is 19.6 Å². The molecule has 2 aliphatic carbocycles. The lowest BCUT2D eigenvalue weighted by Crippen LogP contribution is -2.09. The maximum absolute atomic E-state index is 12.4. The van der Waals surface area contributed by atoms with E-state index in [0.29, 0.717) is 12.3 Å². The summed E-state index contributed by atoms with van der Waals surface area (Å²) in [4.78, 5) is 16.9. The van der Waals surface area contributed by atoms with Gasteiger partial charge in [-0.25, -0.2) is 4.98 Å². The molecule has 1 heterocycles. The molecule has 0 atom stereocenters. The number of Topliss-reactive ketones (excluding diaryl/α,β-unsaturated/α-hetero) is 1. The lowest BCUT2D eigenvalue weighted by atomic mass is 9.84. The number of ether oxygens (including phenoxy) is 2. The second kappa shape index (κ2) is 5.08. The van der Waals surface area contributed by atoms with Crippen LogP contribution in [0.1, 0.15) is 36.1 Å². The number of hydrogen-bond acceptors (Lipinski definition) is 4. The van der Waals surface area contributed by atoms with Crippen LogP contribution >= 0.6 is 0 Å². The zero-order chi connectivity index (χ0) is 16.1. The molecule has 1 aromatic carbocycles. The SMILES string of the molecule is COc1nc(C)cc2cc3c(c(OC)c12)C1=C(CCC1=O)CC3. The van der Waals surface area contributed by atoms with Crippen LogP contribution in [0.2, 0.25) is 0 Å². The number of aromatic nitrogens is 1. The number of hydrogen-bond donors (Lipinski definition) is 0. The molecule has 4 heteroatoms. The Balaban J connectivity index is 2.13. The average molecular weight is 309 g/mol. The first kappa shape index (κ1) is 14.2. The number of carbonyl (C=O) groups is 1. The summed E-state index contributed by atoms with van der Waals surface area (Å²) < 4.78 is 11.2. The highest BCUT2D eigenvalue weighted by Crippen LogP contribution is 2.48. The van der Waals surface area contributed by atoms with Gasteiger partial charge in [-0.15, -0.1) is 0 Å². The molecule has 4 nitrogen and oxygen atoms in total. The summed E-state index contributed by atoms with van der Waals surface area (Å²) >= 11 is 0. The number of methoxy groups -OCH3 is 2. The summed E-state index contributed by atoms with van der Waals surface area (Å²) in [6.45, 7) is 1.95. The lowest BCUT2D eigenvalue weighted by molar-refractivity contribution is -0.113. The molecule has 1 aromatic heterocycles. The first-order valence-corrected chi connectivity index (χ1v) is 7.94. The summed E-state index contributed by atoms with van der Waals surface area (Å²) in [5.41, 5.74) is 5.22. The highest BCUT2D eigenvalue weighted by molar-refractivity contribution is 6.26. The molecular weight excluding hydrogens is 290 g/mol. The van der Waals surface area contributed by atoms with Gasteiger partial charge in [-0.05, 0) is 49.3 Å². The van der Waals surface area contributed by atoms with Crippen molar-refractivity contribution in [3.05, 3.63) is 34.5 Å².